The molecule has 0 unspecified atom stereocenters. The summed E-state index contributed by atoms with van der Waals surface area (Å²) in [4.78, 5) is 42.7. The highest BCUT2D eigenvalue weighted by Crippen LogP contribution is 2.59. The molecule has 0 bridgehead atoms. The van der Waals surface area contributed by atoms with Gasteiger partial charge in [-0.05, 0) is 55.0 Å². The van der Waals surface area contributed by atoms with Gasteiger partial charge in [0.15, 0.2) is 12.1 Å². The number of hydrogen-bond acceptors (Lipinski definition) is 13. The molecule has 0 spiro atoms. The van der Waals surface area contributed by atoms with Crippen molar-refractivity contribution in [3.63, 3.8) is 0 Å². The highest BCUT2D eigenvalue weighted by Gasteiger charge is 2.64. The van der Waals surface area contributed by atoms with Crippen LogP contribution in [0.5, 0.6) is 0 Å². The van der Waals surface area contributed by atoms with E-state index in [0.29, 0.717) is 5.57 Å². The van der Waals surface area contributed by atoms with Crippen LogP contribution in [0.2, 0.25) is 0 Å². The number of amides is 2. The first-order chi connectivity index (χ1) is 27.5. The molecule has 4 fully saturated rings. The smallest absolute Gasteiger partial charge is 0.338 e. The van der Waals surface area contributed by atoms with E-state index in [9.17, 15) is 39.9 Å². The van der Waals surface area contributed by atoms with Crippen molar-refractivity contribution in [2.24, 2.45) is 11.8 Å². The number of aliphatic hydroxyl groups excluding tert-OH is 5. The van der Waals surface area contributed by atoms with E-state index in [4.69, 9.17) is 23.7 Å². The number of nitrogens with one attached hydrogen (secondary N) is 1. The Bertz CT molecular complexity index is 1770. The average molecular weight is 793 g/mol. The fourth-order valence-electron chi connectivity index (χ4n) is 7.94. The van der Waals surface area contributed by atoms with Gasteiger partial charge in [-0.3, -0.25) is 9.59 Å². The Balaban J connectivity index is 1.04. The van der Waals surface area contributed by atoms with Crippen LogP contribution in [0.1, 0.15) is 53.6 Å². The first kappa shape index (κ1) is 41.1. The number of ether oxygens (including phenoxy) is 5. The van der Waals surface area contributed by atoms with Crippen LogP contribution in [-0.4, -0.2) is 142 Å². The van der Waals surface area contributed by atoms with Crippen molar-refractivity contribution < 1.29 is 63.6 Å². The first-order valence-electron chi connectivity index (χ1n) is 19.7. The van der Waals surface area contributed by atoms with Crippen LogP contribution < -0.4 is 5.32 Å². The molecule has 2 heterocycles. The second kappa shape index (κ2) is 17.9. The van der Waals surface area contributed by atoms with Crippen LogP contribution in [0.3, 0.4) is 0 Å². The summed E-state index contributed by atoms with van der Waals surface area (Å²) in [7, 11) is 1.57. The number of carbonyl (C=O) groups excluding carboxylic acids is 3. The zero-order valence-electron chi connectivity index (χ0n) is 31.8. The fourth-order valence-corrected chi connectivity index (χ4v) is 7.94. The molecule has 0 aromatic heterocycles. The second-order valence-corrected chi connectivity index (χ2v) is 15.5. The monoisotopic (exact) mass is 792 g/mol. The highest BCUT2D eigenvalue weighted by atomic mass is 16.8. The summed E-state index contributed by atoms with van der Waals surface area (Å²) in [5.74, 6) is -1.73. The summed E-state index contributed by atoms with van der Waals surface area (Å²) < 4.78 is 30.5. The van der Waals surface area contributed by atoms with E-state index >= 15 is 0 Å². The minimum absolute atomic E-state index is 0.0217. The normalized spacial score (nSPS) is 30.0. The number of fused-ring (bicyclic) bond motifs is 1. The molecule has 2 saturated heterocycles. The van der Waals surface area contributed by atoms with Gasteiger partial charge in [-0.2, -0.15) is 0 Å². The van der Waals surface area contributed by atoms with Crippen molar-refractivity contribution in [3.05, 3.63) is 89.0 Å². The van der Waals surface area contributed by atoms with Gasteiger partial charge in [0.1, 0.15) is 48.8 Å². The standard InChI is InChI=1S/C42H52N2O13/c1-44(30(38(50)43-17-18-45)20-25-6-3-2-4-7-25)39(51)27-21-31(37-32(22-27)56-42(57-37,28-13-14-28)29-15-16-29)54-40(52)26-11-9-24(10-12-26)8-5-19-53-41-36(49)35(48)34(47)33(23-46)55-41/h2-12,22,28-37,41,45-49H,13-21,23H2,1H3,(H,43,50)/t30-,31-,32-,33-,34+,35+,36-,37+,41+/m1/s1. The van der Waals surface area contributed by atoms with Crippen molar-refractivity contribution in [2.75, 3.05) is 33.4 Å². The molecule has 6 N–H and O–H groups in total. The van der Waals surface area contributed by atoms with Gasteiger partial charge in [0.2, 0.25) is 11.8 Å². The number of nitrogens with zero attached hydrogens (tertiary/aromatic N) is 1. The highest BCUT2D eigenvalue weighted by molar-refractivity contribution is 5.97. The summed E-state index contributed by atoms with van der Waals surface area (Å²) in [6, 6.07) is 15.1. The maximum atomic E-state index is 14.3. The maximum Gasteiger partial charge on any atom is 0.338 e. The molecule has 2 aromatic carbocycles. The number of likely N-dealkylation sites (N-methyl/N-ethyl adjacent to an activating group) is 1. The van der Waals surface area contributed by atoms with Gasteiger partial charge < -0.3 is 59.4 Å². The predicted molar refractivity (Wildman–Crippen MR) is 202 cm³/mol. The van der Waals surface area contributed by atoms with E-state index in [1.54, 1.807) is 49.5 Å². The average Bonchev–Trinajstić information content (AvgIpc) is 4.18. The Morgan fingerprint density at radius 3 is 2.30 bits per heavy atom. The predicted octanol–water partition coefficient (Wildman–Crippen LogP) is 0.850. The first-order valence-corrected chi connectivity index (χ1v) is 19.7. The lowest BCUT2D eigenvalue weighted by atomic mass is 9.90. The number of aliphatic hydroxyl groups is 5. The fraction of sp³-hybridized carbons (Fsp3) is 0.548. The van der Waals surface area contributed by atoms with E-state index in [-0.39, 0.29) is 50.0 Å². The van der Waals surface area contributed by atoms with Crippen LogP contribution >= 0.6 is 0 Å². The Kier molecular flexibility index (Phi) is 12.9. The molecule has 2 aliphatic heterocycles. The molecule has 2 aromatic rings. The Labute approximate surface area is 330 Å². The minimum Gasteiger partial charge on any atom is -0.456 e. The van der Waals surface area contributed by atoms with Crippen LogP contribution in [0.25, 0.3) is 6.08 Å². The van der Waals surface area contributed by atoms with Gasteiger partial charge in [-0.25, -0.2) is 4.79 Å². The van der Waals surface area contributed by atoms with Crippen molar-refractivity contribution in [2.45, 2.75) is 99.4 Å². The van der Waals surface area contributed by atoms with Crippen molar-refractivity contribution in [1.29, 1.82) is 0 Å². The molecular weight excluding hydrogens is 740 g/mol. The van der Waals surface area contributed by atoms with Gasteiger partial charge >= 0.3 is 5.97 Å². The summed E-state index contributed by atoms with van der Waals surface area (Å²) in [6.07, 6.45) is 0.358. The van der Waals surface area contributed by atoms with Crippen LogP contribution in [-0.2, 0) is 39.7 Å². The zero-order valence-corrected chi connectivity index (χ0v) is 31.8. The SMILES string of the molecule is CN(C(=O)C1=C[C@H]2OC(C3CC3)(C3CC3)O[C@H]2[C@H](OC(=O)c2ccc(C=CCO[C@H]3O[C@H](CO)[C@H](O)[C@H](O)[C@H]3O)cc2)C1)[C@H](Cc1ccccc1)C(=O)NCCO. The van der Waals surface area contributed by atoms with Crippen LogP contribution in [0.15, 0.2) is 72.3 Å². The van der Waals surface area contributed by atoms with Gasteiger partial charge in [0.05, 0.1) is 25.4 Å². The molecule has 3 aliphatic carbocycles. The largest absolute Gasteiger partial charge is 0.456 e. The molecule has 0 radical (unpaired) electrons. The molecule has 7 rings (SSSR count). The van der Waals surface area contributed by atoms with E-state index in [2.05, 4.69) is 5.32 Å². The summed E-state index contributed by atoms with van der Waals surface area (Å²) in [5.41, 5.74) is 2.21. The van der Waals surface area contributed by atoms with E-state index < -0.39 is 85.2 Å². The molecule has 57 heavy (non-hydrogen) atoms. The third-order valence-electron chi connectivity index (χ3n) is 11.4. The van der Waals surface area contributed by atoms with Gasteiger partial charge in [0, 0.05) is 43.8 Å². The van der Waals surface area contributed by atoms with Gasteiger partial charge in [0.25, 0.3) is 0 Å². The molecule has 5 aliphatic rings. The third kappa shape index (κ3) is 9.17. The van der Waals surface area contributed by atoms with Crippen molar-refractivity contribution >= 4 is 23.9 Å². The second-order valence-electron chi connectivity index (χ2n) is 15.5. The molecule has 15 nitrogen and oxygen atoms in total. The van der Waals surface area contributed by atoms with Crippen LogP contribution in [0, 0.1) is 11.8 Å². The van der Waals surface area contributed by atoms with E-state index in [1.807, 2.05) is 30.3 Å². The topological polar surface area (TPSA) is 214 Å². The quantitative estimate of drug-likeness (QED) is 0.130. The lowest BCUT2D eigenvalue weighted by molar-refractivity contribution is -0.298. The number of rotatable bonds is 16. The lowest BCUT2D eigenvalue weighted by Crippen LogP contribution is -2.59. The molecular formula is C42H52N2O13. The molecule has 15 heteroatoms. The van der Waals surface area contributed by atoms with Crippen LogP contribution in [0.4, 0.5) is 0 Å². The third-order valence-corrected chi connectivity index (χ3v) is 11.4. The van der Waals surface area contributed by atoms with E-state index in [1.165, 1.54) is 4.90 Å². The summed E-state index contributed by atoms with van der Waals surface area (Å²) >= 11 is 0. The number of carbonyl (C=O) groups is 3. The van der Waals surface area contributed by atoms with Crippen molar-refractivity contribution in [3.8, 4) is 0 Å². The Morgan fingerprint density at radius 2 is 1.65 bits per heavy atom. The number of esters is 1. The molecule has 2 amide bonds. The van der Waals surface area contributed by atoms with Gasteiger partial charge in [-0.15, -0.1) is 0 Å². The number of hydrogen-bond donors (Lipinski definition) is 6. The van der Waals surface area contributed by atoms with E-state index in [0.717, 1.165) is 36.8 Å². The summed E-state index contributed by atoms with van der Waals surface area (Å²) in [5, 5.41) is 51.6. The minimum atomic E-state index is -1.54. The van der Waals surface area contributed by atoms with Crippen molar-refractivity contribution in [1.82, 2.24) is 10.2 Å². The lowest BCUT2D eigenvalue weighted by Gasteiger charge is -2.39. The molecule has 2 saturated carbocycles. The Morgan fingerprint density at radius 1 is 0.947 bits per heavy atom. The zero-order chi connectivity index (χ0) is 40.3. The maximum absolute atomic E-state index is 14.3. The summed E-state index contributed by atoms with van der Waals surface area (Å²) in [6.45, 7) is -0.780. The Hall–Kier alpha value is -4.03. The number of benzene rings is 2. The molecule has 308 valence electrons. The van der Waals surface area contributed by atoms with Gasteiger partial charge in [-0.1, -0.05) is 54.6 Å². The molecule has 9 atom stereocenters.